The average Bonchev–Trinajstić information content (AvgIpc) is 2.46. The average molecular weight is 276 g/mol. The zero-order valence-corrected chi connectivity index (χ0v) is 13.4. The number of phenolic OH excluding ortho intramolecular Hbond substituents is 1. The molecule has 0 saturated carbocycles. The predicted molar refractivity (Wildman–Crippen MR) is 88.2 cm³/mol. The van der Waals surface area contributed by atoms with Gasteiger partial charge < -0.3 is 5.11 Å². The second-order valence-corrected chi connectivity index (χ2v) is 6.06. The molecule has 1 nitrogen and oxygen atoms in total. The molecular formula is C19H32O. The Labute approximate surface area is 125 Å². The molecule has 0 radical (unpaired) electrons. The van der Waals surface area contributed by atoms with E-state index >= 15 is 0 Å². The van der Waals surface area contributed by atoms with Crippen LogP contribution < -0.4 is 0 Å². The molecule has 0 saturated heterocycles. The summed E-state index contributed by atoms with van der Waals surface area (Å²) in [6, 6.07) is 7.73. The highest BCUT2D eigenvalue weighted by molar-refractivity contribution is 5.25. The third-order valence-corrected chi connectivity index (χ3v) is 4.21. The standard InChI is InChI=1S/C19H32O/c1-3-5-7-9-17(10-8-6-4-2)11-12-18-13-15-19(20)16-14-18/h13-17,20H,3-12H2,1-2H3. The van der Waals surface area contributed by atoms with Crippen LogP contribution in [0.4, 0.5) is 0 Å². The van der Waals surface area contributed by atoms with Gasteiger partial charge in [0.15, 0.2) is 0 Å². The van der Waals surface area contributed by atoms with E-state index in [-0.39, 0.29) is 0 Å². The van der Waals surface area contributed by atoms with Gasteiger partial charge in [-0.05, 0) is 36.5 Å². The molecule has 0 amide bonds. The molecule has 0 aliphatic carbocycles. The Kier molecular flexibility index (Phi) is 9.19. The minimum Gasteiger partial charge on any atom is -0.508 e. The third kappa shape index (κ3) is 7.57. The first-order valence-corrected chi connectivity index (χ1v) is 8.54. The lowest BCUT2D eigenvalue weighted by Gasteiger charge is -2.16. The van der Waals surface area contributed by atoms with Crippen LogP contribution >= 0.6 is 0 Å². The topological polar surface area (TPSA) is 20.2 Å². The highest BCUT2D eigenvalue weighted by atomic mass is 16.3. The van der Waals surface area contributed by atoms with Gasteiger partial charge in [0.2, 0.25) is 0 Å². The largest absolute Gasteiger partial charge is 0.508 e. The van der Waals surface area contributed by atoms with E-state index in [2.05, 4.69) is 26.0 Å². The minimum absolute atomic E-state index is 0.371. The van der Waals surface area contributed by atoms with Crippen LogP contribution in [0.5, 0.6) is 5.75 Å². The maximum Gasteiger partial charge on any atom is 0.115 e. The van der Waals surface area contributed by atoms with Crippen molar-refractivity contribution in [2.75, 3.05) is 0 Å². The predicted octanol–water partition coefficient (Wildman–Crippen LogP) is 6.10. The number of unbranched alkanes of at least 4 members (excludes halogenated alkanes) is 4. The first-order chi connectivity index (χ1) is 9.76. The Hall–Kier alpha value is -0.980. The zero-order chi connectivity index (χ0) is 14.6. The number of aryl methyl sites for hydroxylation is 1. The first kappa shape index (κ1) is 17.1. The molecule has 1 heteroatoms. The van der Waals surface area contributed by atoms with Crippen molar-refractivity contribution in [1.29, 1.82) is 0 Å². The molecule has 0 fully saturated rings. The van der Waals surface area contributed by atoms with Gasteiger partial charge in [0, 0.05) is 0 Å². The van der Waals surface area contributed by atoms with Crippen LogP contribution in [0.2, 0.25) is 0 Å². The molecule has 0 atom stereocenters. The summed E-state index contributed by atoms with van der Waals surface area (Å²) in [7, 11) is 0. The van der Waals surface area contributed by atoms with Gasteiger partial charge in [0.1, 0.15) is 5.75 Å². The van der Waals surface area contributed by atoms with Crippen molar-refractivity contribution in [1.82, 2.24) is 0 Å². The van der Waals surface area contributed by atoms with Crippen LogP contribution in [0.3, 0.4) is 0 Å². The molecular weight excluding hydrogens is 244 g/mol. The van der Waals surface area contributed by atoms with Gasteiger partial charge in [-0.2, -0.15) is 0 Å². The van der Waals surface area contributed by atoms with E-state index in [1.54, 1.807) is 12.1 Å². The Balaban J connectivity index is 2.35. The van der Waals surface area contributed by atoms with Crippen molar-refractivity contribution in [3.05, 3.63) is 29.8 Å². The van der Waals surface area contributed by atoms with E-state index < -0.39 is 0 Å². The molecule has 114 valence electrons. The van der Waals surface area contributed by atoms with Gasteiger partial charge >= 0.3 is 0 Å². The summed E-state index contributed by atoms with van der Waals surface area (Å²) in [5.74, 6) is 1.26. The number of hydrogen-bond donors (Lipinski definition) is 1. The summed E-state index contributed by atoms with van der Waals surface area (Å²) in [5, 5.41) is 9.32. The maximum absolute atomic E-state index is 9.32. The summed E-state index contributed by atoms with van der Waals surface area (Å²) in [4.78, 5) is 0. The maximum atomic E-state index is 9.32. The van der Waals surface area contributed by atoms with E-state index in [1.807, 2.05) is 0 Å². The number of benzene rings is 1. The normalized spacial score (nSPS) is 11.2. The van der Waals surface area contributed by atoms with E-state index in [1.165, 1.54) is 63.4 Å². The van der Waals surface area contributed by atoms with Gasteiger partial charge in [-0.15, -0.1) is 0 Å². The van der Waals surface area contributed by atoms with Crippen LogP contribution in [-0.4, -0.2) is 5.11 Å². The van der Waals surface area contributed by atoms with Crippen molar-refractivity contribution in [3.63, 3.8) is 0 Å². The van der Waals surface area contributed by atoms with Crippen molar-refractivity contribution in [2.45, 2.75) is 78.1 Å². The Morgan fingerprint density at radius 1 is 0.800 bits per heavy atom. The van der Waals surface area contributed by atoms with Crippen molar-refractivity contribution < 1.29 is 5.11 Å². The summed E-state index contributed by atoms with van der Waals surface area (Å²) in [6.45, 7) is 4.56. The monoisotopic (exact) mass is 276 g/mol. The van der Waals surface area contributed by atoms with Gasteiger partial charge in [-0.25, -0.2) is 0 Å². The fraction of sp³-hybridized carbons (Fsp3) is 0.684. The molecule has 0 unspecified atom stereocenters. The molecule has 0 heterocycles. The van der Waals surface area contributed by atoms with Crippen LogP contribution in [-0.2, 0) is 6.42 Å². The van der Waals surface area contributed by atoms with E-state index in [9.17, 15) is 5.11 Å². The Morgan fingerprint density at radius 3 is 1.85 bits per heavy atom. The zero-order valence-electron chi connectivity index (χ0n) is 13.4. The molecule has 0 aliphatic rings. The first-order valence-electron chi connectivity index (χ1n) is 8.54. The molecule has 0 aromatic heterocycles. The molecule has 1 N–H and O–H groups in total. The Morgan fingerprint density at radius 2 is 1.35 bits per heavy atom. The fourth-order valence-electron chi connectivity index (χ4n) is 2.83. The molecule has 0 aliphatic heterocycles. The lowest BCUT2D eigenvalue weighted by molar-refractivity contribution is 0.386. The summed E-state index contributed by atoms with van der Waals surface area (Å²) in [5.41, 5.74) is 1.36. The highest BCUT2D eigenvalue weighted by Crippen LogP contribution is 2.23. The van der Waals surface area contributed by atoms with Gasteiger partial charge in [0.25, 0.3) is 0 Å². The lowest BCUT2D eigenvalue weighted by Crippen LogP contribution is -2.03. The number of hydrogen-bond acceptors (Lipinski definition) is 1. The molecule has 1 aromatic rings. The minimum atomic E-state index is 0.371. The lowest BCUT2D eigenvalue weighted by atomic mass is 9.89. The van der Waals surface area contributed by atoms with E-state index in [0.29, 0.717) is 5.75 Å². The third-order valence-electron chi connectivity index (χ3n) is 4.21. The molecule has 0 spiro atoms. The number of aromatic hydroxyl groups is 1. The van der Waals surface area contributed by atoms with Gasteiger partial charge in [0.05, 0.1) is 0 Å². The molecule has 1 aromatic carbocycles. The quantitative estimate of drug-likeness (QED) is 0.484. The van der Waals surface area contributed by atoms with Crippen LogP contribution in [0, 0.1) is 5.92 Å². The van der Waals surface area contributed by atoms with Crippen molar-refractivity contribution >= 4 is 0 Å². The molecule has 1 rings (SSSR count). The SMILES string of the molecule is CCCCCC(CCCCC)CCc1ccc(O)cc1. The van der Waals surface area contributed by atoms with Gasteiger partial charge in [-0.1, -0.05) is 77.3 Å². The van der Waals surface area contributed by atoms with E-state index in [0.717, 1.165) is 12.3 Å². The van der Waals surface area contributed by atoms with Crippen LogP contribution in [0.25, 0.3) is 0 Å². The highest BCUT2D eigenvalue weighted by Gasteiger charge is 2.08. The summed E-state index contributed by atoms with van der Waals surface area (Å²) < 4.78 is 0. The fourth-order valence-corrected chi connectivity index (χ4v) is 2.83. The number of rotatable bonds is 11. The Bertz CT molecular complexity index is 318. The second kappa shape index (κ2) is 10.8. The molecule has 0 bridgehead atoms. The number of phenols is 1. The van der Waals surface area contributed by atoms with Gasteiger partial charge in [-0.3, -0.25) is 0 Å². The second-order valence-electron chi connectivity index (χ2n) is 6.06. The summed E-state index contributed by atoms with van der Waals surface area (Å²) in [6.07, 6.45) is 13.4. The van der Waals surface area contributed by atoms with Crippen molar-refractivity contribution in [2.24, 2.45) is 5.92 Å². The summed E-state index contributed by atoms with van der Waals surface area (Å²) >= 11 is 0. The smallest absolute Gasteiger partial charge is 0.115 e. The van der Waals surface area contributed by atoms with Crippen molar-refractivity contribution in [3.8, 4) is 5.75 Å². The van der Waals surface area contributed by atoms with Crippen LogP contribution in [0.15, 0.2) is 24.3 Å². The van der Waals surface area contributed by atoms with Crippen LogP contribution in [0.1, 0.15) is 77.2 Å². The van der Waals surface area contributed by atoms with E-state index in [4.69, 9.17) is 0 Å². The molecule has 20 heavy (non-hydrogen) atoms.